The van der Waals surface area contributed by atoms with Crippen molar-refractivity contribution in [3.8, 4) is 0 Å². The van der Waals surface area contributed by atoms with Gasteiger partial charge in [0.05, 0.1) is 0 Å². The molecule has 0 amide bonds. The molecule has 6 nitrogen and oxygen atoms in total. The van der Waals surface area contributed by atoms with Crippen molar-refractivity contribution in [2.45, 2.75) is 83.2 Å². The van der Waals surface area contributed by atoms with E-state index in [4.69, 9.17) is 13.9 Å². The maximum atomic E-state index is 14.1. The molecule has 0 aromatic heterocycles. The minimum atomic E-state index is -2.18. The van der Waals surface area contributed by atoms with Crippen molar-refractivity contribution in [1.82, 2.24) is 0 Å². The third-order valence-corrected chi connectivity index (χ3v) is 15.3. The van der Waals surface area contributed by atoms with Gasteiger partial charge < -0.3 is 19.2 Å². The zero-order chi connectivity index (χ0) is 31.0. The lowest BCUT2D eigenvalue weighted by Gasteiger charge is -2.43. The van der Waals surface area contributed by atoms with Crippen LogP contribution in [0.3, 0.4) is 0 Å². The second-order valence-electron chi connectivity index (χ2n) is 12.6. The Kier molecular flexibility index (Phi) is 10.9. The van der Waals surface area contributed by atoms with Gasteiger partial charge in [-0.05, 0) is 45.8 Å². The van der Waals surface area contributed by atoms with Crippen molar-refractivity contribution in [2.24, 2.45) is 5.92 Å². The Morgan fingerprint density at radius 1 is 0.721 bits per heavy atom. The predicted octanol–water partition coefficient (Wildman–Crippen LogP) is 8.04. The van der Waals surface area contributed by atoms with Gasteiger partial charge in [0.1, 0.15) is 13.2 Å². The van der Waals surface area contributed by atoms with Crippen molar-refractivity contribution < 1.29 is 23.5 Å². The Morgan fingerprint density at radius 3 is 1.67 bits per heavy atom. The second kappa shape index (κ2) is 14.4. The van der Waals surface area contributed by atoms with E-state index in [1.54, 1.807) is 0 Å². The molecule has 3 aromatic carbocycles. The average Bonchev–Trinajstić information content (AvgIpc) is 3.36. The predicted molar refractivity (Wildman–Crippen MR) is 174 cm³/mol. The molecule has 4 rings (SSSR count). The molecule has 0 bridgehead atoms. The highest BCUT2D eigenvalue weighted by molar-refractivity contribution is 6.77. The standard InChI is InChI=1S/C36H47NO5Si/c1-26(2)43(27(3)4,28(5)6)42-22-21-36(25-37-32-20-14-13-19-31(32)36)33(34(38)40-23-29-15-9-7-10-16-29)35(39)41-24-30-17-11-8-12-18-30/h7-20,26-28,33,37H,21-25H2,1-6H3. The van der Waals surface area contributed by atoms with Crippen LogP contribution in [0.1, 0.15) is 64.7 Å². The number of carbonyl (C=O) groups excluding carboxylic acids is 2. The van der Waals surface area contributed by atoms with Gasteiger partial charge in [0.25, 0.3) is 0 Å². The first-order valence-corrected chi connectivity index (χ1v) is 17.6. The molecule has 1 N–H and O–H groups in total. The lowest BCUT2D eigenvalue weighted by atomic mass is 9.69. The fourth-order valence-electron chi connectivity index (χ4n) is 7.13. The quantitative estimate of drug-likeness (QED) is 0.115. The molecule has 1 aliphatic heterocycles. The van der Waals surface area contributed by atoms with Gasteiger partial charge in [-0.1, -0.05) is 120 Å². The van der Waals surface area contributed by atoms with Crippen LogP contribution in [-0.2, 0) is 42.1 Å². The average molecular weight is 602 g/mol. The van der Waals surface area contributed by atoms with Gasteiger partial charge in [-0.3, -0.25) is 9.59 Å². The molecule has 1 aliphatic rings. The van der Waals surface area contributed by atoms with Crippen LogP contribution in [0.25, 0.3) is 0 Å². The number of esters is 2. The molecule has 0 spiro atoms. The number of anilines is 1. The minimum absolute atomic E-state index is 0.0772. The molecule has 0 saturated heterocycles. The topological polar surface area (TPSA) is 73.9 Å². The largest absolute Gasteiger partial charge is 0.460 e. The molecule has 7 heteroatoms. The van der Waals surface area contributed by atoms with Gasteiger partial charge in [-0.15, -0.1) is 0 Å². The zero-order valence-electron chi connectivity index (χ0n) is 26.5. The van der Waals surface area contributed by atoms with E-state index >= 15 is 0 Å². The summed E-state index contributed by atoms with van der Waals surface area (Å²) in [4.78, 5) is 28.1. The van der Waals surface area contributed by atoms with Gasteiger partial charge in [-0.2, -0.15) is 0 Å². The summed E-state index contributed by atoms with van der Waals surface area (Å²) in [6.07, 6.45) is 0.476. The van der Waals surface area contributed by atoms with Crippen molar-refractivity contribution in [3.63, 3.8) is 0 Å². The van der Waals surface area contributed by atoms with E-state index in [9.17, 15) is 9.59 Å². The Labute approximate surface area is 258 Å². The summed E-state index contributed by atoms with van der Waals surface area (Å²) in [6, 6.07) is 27.0. The second-order valence-corrected chi connectivity index (χ2v) is 18.1. The lowest BCUT2D eigenvalue weighted by Crippen LogP contribution is -2.51. The molecule has 1 atom stereocenters. The van der Waals surface area contributed by atoms with Crippen LogP contribution < -0.4 is 5.32 Å². The van der Waals surface area contributed by atoms with Gasteiger partial charge in [0, 0.05) is 24.3 Å². The highest BCUT2D eigenvalue weighted by Gasteiger charge is 2.54. The Morgan fingerprint density at radius 2 is 1.19 bits per heavy atom. The first-order valence-electron chi connectivity index (χ1n) is 15.5. The van der Waals surface area contributed by atoms with Crippen LogP contribution in [0.2, 0.25) is 16.6 Å². The summed E-state index contributed by atoms with van der Waals surface area (Å²) in [7, 11) is -2.18. The molecule has 0 radical (unpaired) electrons. The van der Waals surface area contributed by atoms with Crippen molar-refractivity contribution in [1.29, 1.82) is 0 Å². The summed E-state index contributed by atoms with van der Waals surface area (Å²) < 4.78 is 18.7. The number of benzene rings is 3. The number of para-hydroxylation sites is 1. The monoisotopic (exact) mass is 601 g/mol. The summed E-state index contributed by atoms with van der Waals surface area (Å²) in [6.45, 7) is 14.6. The number of rotatable bonds is 14. The van der Waals surface area contributed by atoms with Crippen LogP contribution in [0.15, 0.2) is 84.9 Å². The Hall–Kier alpha value is -3.42. The summed E-state index contributed by atoms with van der Waals surface area (Å²) >= 11 is 0. The van der Waals surface area contributed by atoms with Gasteiger partial charge in [0.15, 0.2) is 14.2 Å². The van der Waals surface area contributed by atoms with E-state index in [0.29, 0.717) is 36.2 Å². The smallest absolute Gasteiger partial charge is 0.321 e. The number of hydrogen-bond donors (Lipinski definition) is 1. The summed E-state index contributed by atoms with van der Waals surface area (Å²) in [5.74, 6) is -2.34. The van der Waals surface area contributed by atoms with Gasteiger partial charge >= 0.3 is 11.9 Å². The SMILES string of the molecule is CC(C)[Si](OCCC1(C(C(=O)OCc2ccccc2)C(=O)OCc2ccccc2)CNc2ccccc21)(C(C)C)C(C)C. The van der Waals surface area contributed by atoms with Crippen LogP contribution in [-0.4, -0.2) is 33.4 Å². The maximum absolute atomic E-state index is 14.1. The molecule has 0 aliphatic carbocycles. The lowest BCUT2D eigenvalue weighted by molar-refractivity contribution is -0.167. The molecule has 3 aromatic rings. The molecular weight excluding hydrogens is 554 g/mol. The number of hydrogen-bond acceptors (Lipinski definition) is 6. The van der Waals surface area contributed by atoms with E-state index < -0.39 is 31.6 Å². The van der Waals surface area contributed by atoms with E-state index in [2.05, 4.69) is 46.9 Å². The molecule has 0 fully saturated rings. The maximum Gasteiger partial charge on any atom is 0.321 e. The molecule has 230 valence electrons. The summed E-state index contributed by atoms with van der Waals surface area (Å²) in [5.41, 5.74) is 3.90. The molecule has 1 heterocycles. The van der Waals surface area contributed by atoms with Crippen LogP contribution in [0.4, 0.5) is 5.69 Å². The van der Waals surface area contributed by atoms with Gasteiger partial charge in [-0.25, -0.2) is 0 Å². The third-order valence-electron chi connectivity index (χ3n) is 9.14. The van der Waals surface area contributed by atoms with Crippen LogP contribution in [0.5, 0.6) is 0 Å². The van der Waals surface area contributed by atoms with E-state index in [0.717, 1.165) is 22.4 Å². The van der Waals surface area contributed by atoms with E-state index in [1.165, 1.54) is 0 Å². The fraction of sp³-hybridized carbons (Fsp3) is 0.444. The van der Waals surface area contributed by atoms with E-state index in [1.807, 2.05) is 84.9 Å². The number of carbonyl (C=O) groups is 2. The van der Waals surface area contributed by atoms with Crippen LogP contribution in [0, 0.1) is 5.92 Å². The summed E-state index contributed by atoms with van der Waals surface area (Å²) in [5, 5.41) is 3.49. The first kappa shape index (κ1) is 32.5. The Bertz CT molecular complexity index is 1270. The molecular formula is C36H47NO5Si. The number of nitrogens with one attached hydrogen (secondary N) is 1. The number of fused-ring (bicyclic) bond motifs is 1. The normalized spacial score (nSPS) is 16.4. The Balaban J connectivity index is 1.70. The van der Waals surface area contributed by atoms with Crippen LogP contribution >= 0.6 is 0 Å². The first-order chi connectivity index (χ1) is 20.6. The van der Waals surface area contributed by atoms with Crippen molar-refractivity contribution in [2.75, 3.05) is 18.5 Å². The van der Waals surface area contributed by atoms with Gasteiger partial charge in [0.2, 0.25) is 0 Å². The highest BCUT2D eigenvalue weighted by atomic mass is 28.4. The molecule has 0 saturated carbocycles. The highest BCUT2D eigenvalue weighted by Crippen LogP contribution is 2.48. The van der Waals surface area contributed by atoms with Crippen molar-refractivity contribution in [3.05, 3.63) is 102 Å². The molecule has 43 heavy (non-hydrogen) atoms. The fourth-order valence-corrected chi connectivity index (χ4v) is 12.6. The van der Waals surface area contributed by atoms with Crippen molar-refractivity contribution >= 4 is 25.9 Å². The molecule has 1 unspecified atom stereocenters. The minimum Gasteiger partial charge on any atom is -0.460 e. The van der Waals surface area contributed by atoms with E-state index in [-0.39, 0.29) is 13.2 Å². The zero-order valence-corrected chi connectivity index (χ0v) is 27.5. The number of ether oxygens (including phenoxy) is 2. The third kappa shape index (κ3) is 7.05.